The van der Waals surface area contributed by atoms with Crippen molar-refractivity contribution >= 4 is 50.2 Å². The van der Waals surface area contributed by atoms with Gasteiger partial charge in [-0.05, 0) is 35.8 Å². The maximum atomic E-state index is 11.8. The Bertz CT molecular complexity index is 590. The van der Waals surface area contributed by atoms with Gasteiger partial charge >= 0.3 is 17.9 Å². The zero-order valence-electron chi connectivity index (χ0n) is 11.8. The van der Waals surface area contributed by atoms with Gasteiger partial charge in [-0.2, -0.15) is 0 Å². The van der Waals surface area contributed by atoms with Crippen LogP contribution in [0.15, 0.2) is 21.6 Å². The Kier molecular flexibility index (Phi) is 7.06. The number of carbonyl (C=O) groups is 3. The molecule has 9 heteroatoms. The number of halogens is 1. The predicted octanol–water partition coefficient (Wildman–Crippen LogP) is 2.63. The fourth-order valence-electron chi connectivity index (χ4n) is 1.38. The molecule has 1 aromatic rings. The van der Waals surface area contributed by atoms with Gasteiger partial charge in [0.1, 0.15) is 5.00 Å². The van der Waals surface area contributed by atoms with Crippen molar-refractivity contribution in [3.05, 3.63) is 27.2 Å². The van der Waals surface area contributed by atoms with E-state index in [-0.39, 0.29) is 29.4 Å². The minimum Gasteiger partial charge on any atom is -0.478 e. The van der Waals surface area contributed by atoms with Gasteiger partial charge in [-0.25, -0.2) is 14.4 Å². The van der Waals surface area contributed by atoms with Crippen molar-refractivity contribution in [3.63, 3.8) is 0 Å². The Morgan fingerprint density at radius 1 is 1.27 bits per heavy atom. The summed E-state index contributed by atoms with van der Waals surface area (Å²) in [6, 6.07) is 1.41. The first-order chi connectivity index (χ1) is 10.4. The molecule has 0 fully saturated rings. The molecule has 0 aliphatic carbocycles. The van der Waals surface area contributed by atoms with Gasteiger partial charge in [-0.15, -0.1) is 11.3 Å². The number of carboxylic acids is 1. The highest BCUT2D eigenvalue weighted by molar-refractivity contribution is 9.11. The number of hydrogen-bond acceptors (Lipinski definition) is 7. The average molecular weight is 392 g/mol. The Labute approximate surface area is 139 Å². The number of hydrogen-bond donors (Lipinski definition) is 2. The summed E-state index contributed by atoms with van der Waals surface area (Å²) in [6.07, 6.45) is 1.08. The quantitative estimate of drug-likeness (QED) is 0.318. The van der Waals surface area contributed by atoms with Crippen LogP contribution in [0.3, 0.4) is 0 Å². The Morgan fingerprint density at radius 3 is 2.27 bits per heavy atom. The Morgan fingerprint density at radius 2 is 1.82 bits per heavy atom. The molecule has 1 heterocycles. The molecule has 0 aliphatic rings. The third kappa shape index (κ3) is 4.85. The van der Waals surface area contributed by atoms with E-state index in [9.17, 15) is 14.4 Å². The second kappa shape index (κ2) is 8.54. The highest BCUT2D eigenvalue weighted by atomic mass is 79.9. The highest BCUT2D eigenvalue weighted by Crippen LogP contribution is 2.32. The molecule has 7 nitrogen and oxygen atoms in total. The number of thiophene rings is 1. The molecule has 0 bridgehead atoms. The van der Waals surface area contributed by atoms with Crippen LogP contribution in [0.2, 0.25) is 0 Å². The highest BCUT2D eigenvalue weighted by Gasteiger charge is 2.22. The van der Waals surface area contributed by atoms with Crippen molar-refractivity contribution < 1.29 is 29.0 Å². The van der Waals surface area contributed by atoms with Crippen LogP contribution in [0.25, 0.3) is 0 Å². The molecule has 120 valence electrons. The second-order valence-electron chi connectivity index (χ2n) is 3.74. The minimum absolute atomic E-state index is 0.0141. The van der Waals surface area contributed by atoms with Crippen molar-refractivity contribution in [3.8, 4) is 0 Å². The number of aromatic carboxylic acids is 1. The third-order valence-electron chi connectivity index (χ3n) is 2.27. The molecule has 22 heavy (non-hydrogen) atoms. The van der Waals surface area contributed by atoms with Crippen LogP contribution in [-0.2, 0) is 19.1 Å². The van der Waals surface area contributed by atoms with E-state index in [1.54, 1.807) is 13.8 Å². The molecule has 0 aliphatic heterocycles. The summed E-state index contributed by atoms with van der Waals surface area (Å²) < 4.78 is 10.1. The lowest BCUT2D eigenvalue weighted by molar-refractivity contribution is -0.146. The standard InChI is InChI=1S/C13H14BrNO6S/c1-3-20-12(18)8(13(19)21-4-2)6-15-10-7(11(16)17)5-9(14)22-10/h5-6,15H,3-4H2,1-2H3,(H,16,17). The maximum absolute atomic E-state index is 11.8. The number of rotatable bonds is 7. The monoisotopic (exact) mass is 391 g/mol. The second-order valence-corrected chi connectivity index (χ2v) is 6.17. The number of esters is 2. The van der Waals surface area contributed by atoms with E-state index in [4.69, 9.17) is 14.6 Å². The average Bonchev–Trinajstić information content (AvgIpc) is 2.81. The molecule has 0 amide bonds. The number of ether oxygens (including phenoxy) is 2. The van der Waals surface area contributed by atoms with Crippen LogP contribution in [0.5, 0.6) is 0 Å². The fourth-order valence-corrected chi connectivity index (χ4v) is 2.84. The predicted molar refractivity (Wildman–Crippen MR) is 84.0 cm³/mol. The van der Waals surface area contributed by atoms with E-state index in [2.05, 4.69) is 21.2 Å². The summed E-state index contributed by atoms with van der Waals surface area (Å²) in [5.74, 6) is -2.83. The van der Waals surface area contributed by atoms with Gasteiger partial charge in [0.15, 0.2) is 5.57 Å². The SMILES string of the molecule is CCOC(=O)C(=CNc1sc(Br)cc1C(=O)O)C(=O)OCC. The van der Waals surface area contributed by atoms with Gasteiger partial charge < -0.3 is 19.9 Å². The van der Waals surface area contributed by atoms with Gasteiger partial charge in [0.05, 0.1) is 22.6 Å². The molecule has 1 aromatic heterocycles. The molecule has 0 spiro atoms. The topological polar surface area (TPSA) is 102 Å². The zero-order valence-corrected chi connectivity index (χ0v) is 14.2. The lowest BCUT2D eigenvalue weighted by Crippen LogP contribution is -2.19. The van der Waals surface area contributed by atoms with Crippen LogP contribution >= 0.6 is 27.3 Å². The van der Waals surface area contributed by atoms with E-state index >= 15 is 0 Å². The van der Waals surface area contributed by atoms with Crippen molar-refractivity contribution in [2.24, 2.45) is 0 Å². The van der Waals surface area contributed by atoms with Crippen LogP contribution < -0.4 is 5.32 Å². The Balaban J connectivity index is 3.05. The van der Waals surface area contributed by atoms with Crippen LogP contribution in [0.4, 0.5) is 5.00 Å². The van der Waals surface area contributed by atoms with E-state index in [1.165, 1.54) is 6.07 Å². The van der Waals surface area contributed by atoms with Crippen molar-refractivity contribution in [1.82, 2.24) is 0 Å². The first-order valence-corrected chi connectivity index (χ1v) is 7.85. The first-order valence-electron chi connectivity index (χ1n) is 6.24. The summed E-state index contributed by atoms with van der Waals surface area (Å²) in [6.45, 7) is 3.40. The summed E-state index contributed by atoms with van der Waals surface area (Å²) >= 11 is 4.29. The molecular formula is C13H14BrNO6S. The van der Waals surface area contributed by atoms with E-state index < -0.39 is 17.9 Å². The van der Waals surface area contributed by atoms with Crippen LogP contribution in [0, 0.1) is 0 Å². The van der Waals surface area contributed by atoms with Gasteiger partial charge in [0.25, 0.3) is 0 Å². The molecule has 0 saturated heterocycles. The van der Waals surface area contributed by atoms with Crippen LogP contribution in [0.1, 0.15) is 24.2 Å². The normalized spacial score (nSPS) is 9.77. The van der Waals surface area contributed by atoms with Crippen LogP contribution in [-0.4, -0.2) is 36.2 Å². The van der Waals surface area contributed by atoms with Gasteiger partial charge in [0.2, 0.25) is 0 Å². The van der Waals surface area contributed by atoms with Gasteiger partial charge in [-0.3, -0.25) is 0 Å². The number of anilines is 1. The summed E-state index contributed by atoms with van der Waals surface area (Å²) in [5, 5.41) is 12.0. The fraction of sp³-hybridized carbons (Fsp3) is 0.308. The number of carbonyl (C=O) groups excluding carboxylic acids is 2. The third-order valence-corrected chi connectivity index (χ3v) is 3.84. The molecule has 0 atom stereocenters. The van der Waals surface area contributed by atoms with E-state index in [0.717, 1.165) is 17.5 Å². The molecule has 0 saturated carbocycles. The zero-order chi connectivity index (χ0) is 16.7. The molecule has 2 N–H and O–H groups in total. The summed E-state index contributed by atoms with van der Waals surface area (Å²) in [4.78, 5) is 34.6. The van der Waals surface area contributed by atoms with E-state index in [0.29, 0.717) is 3.79 Å². The maximum Gasteiger partial charge on any atom is 0.347 e. The number of carboxylic acid groups (broad SMARTS) is 1. The molecular weight excluding hydrogens is 378 g/mol. The lowest BCUT2D eigenvalue weighted by atomic mass is 10.3. The largest absolute Gasteiger partial charge is 0.478 e. The van der Waals surface area contributed by atoms with Crippen molar-refractivity contribution in [1.29, 1.82) is 0 Å². The van der Waals surface area contributed by atoms with Gasteiger partial charge in [-0.1, -0.05) is 0 Å². The Hall–Kier alpha value is -1.87. The minimum atomic E-state index is -1.13. The summed E-state index contributed by atoms with van der Waals surface area (Å²) in [7, 11) is 0. The smallest absolute Gasteiger partial charge is 0.347 e. The molecule has 1 rings (SSSR count). The van der Waals surface area contributed by atoms with E-state index in [1.807, 2.05) is 0 Å². The molecule has 0 unspecified atom stereocenters. The van der Waals surface area contributed by atoms with Crippen molar-refractivity contribution in [2.45, 2.75) is 13.8 Å². The summed E-state index contributed by atoms with van der Waals surface area (Å²) in [5.41, 5.74) is -0.329. The van der Waals surface area contributed by atoms with Gasteiger partial charge in [0, 0.05) is 6.20 Å². The molecule has 0 aromatic carbocycles. The number of nitrogens with one attached hydrogen (secondary N) is 1. The molecule has 0 radical (unpaired) electrons. The lowest BCUT2D eigenvalue weighted by Gasteiger charge is -2.07. The first kappa shape index (κ1) is 18.2. The van der Waals surface area contributed by atoms with Crippen molar-refractivity contribution in [2.75, 3.05) is 18.5 Å².